The predicted molar refractivity (Wildman–Crippen MR) is 104 cm³/mol. The molecule has 0 N–H and O–H groups in total. The number of hydrogen-bond donors (Lipinski definition) is 0. The van der Waals surface area contributed by atoms with Crippen molar-refractivity contribution in [2.24, 2.45) is 0 Å². The second kappa shape index (κ2) is 8.18. The Morgan fingerprint density at radius 3 is 2.85 bits per heavy atom. The molecule has 0 aliphatic rings. The Morgan fingerprint density at radius 1 is 1.33 bits per heavy atom. The van der Waals surface area contributed by atoms with Crippen LogP contribution in [0.2, 0.25) is 0 Å². The number of rotatable bonds is 7. The van der Waals surface area contributed by atoms with Crippen LogP contribution >= 0.6 is 11.8 Å². The van der Waals surface area contributed by atoms with Crippen molar-refractivity contribution in [3.8, 4) is 5.75 Å². The van der Waals surface area contributed by atoms with Crippen LogP contribution in [0.3, 0.4) is 0 Å². The van der Waals surface area contributed by atoms with Gasteiger partial charge in [-0.05, 0) is 30.3 Å². The molecule has 0 aliphatic heterocycles. The normalized spacial score (nSPS) is 10.7. The highest BCUT2D eigenvalue weighted by Gasteiger charge is 2.16. The van der Waals surface area contributed by atoms with Crippen LogP contribution in [0.25, 0.3) is 10.9 Å². The molecule has 0 amide bonds. The molecule has 27 heavy (non-hydrogen) atoms. The van der Waals surface area contributed by atoms with Crippen molar-refractivity contribution in [2.75, 3.05) is 12.9 Å². The number of aromatic nitrogens is 2. The number of benzene rings is 2. The average molecular weight is 384 g/mol. The number of halogens is 1. The molecule has 1 heterocycles. The summed E-state index contributed by atoms with van der Waals surface area (Å²) < 4.78 is 20.1. The van der Waals surface area contributed by atoms with E-state index in [9.17, 15) is 14.0 Å². The van der Waals surface area contributed by atoms with E-state index in [1.165, 1.54) is 23.8 Å². The van der Waals surface area contributed by atoms with Gasteiger partial charge in [0.1, 0.15) is 11.6 Å². The van der Waals surface area contributed by atoms with Crippen LogP contribution in [0.4, 0.5) is 4.39 Å². The number of allylic oxidation sites excluding steroid dienone is 1. The lowest BCUT2D eigenvalue weighted by atomic mass is 10.1. The molecule has 5 nitrogen and oxygen atoms in total. The van der Waals surface area contributed by atoms with E-state index in [0.717, 1.165) is 17.8 Å². The minimum absolute atomic E-state index is 0.0122. The fourth-order valence-corrected chi connectivity index (χ4v) is 3.55. The Labute approximate surface area is 159 Å². The first-order chi connectivity index (χ1) is 13.0. The first-order valence-corrected chi connectivity index (χ1v) is 9.13. The number of ether oxygens (including phenoxy) is 1. The summed E-state index contributed by atoms with van der Waals surface area (Å²) in [5.74, 6) is -0.542. The molecule has 0 saturated carbocycles. The lowest BCUT2D eigenvalue weighted by Crippen LogP contribution is -2.23. The highest BCUT2D eigenvalue weighted by Crippen LogP contribution is 2.24. The van der Waals surface area contributed by atoms with Crippen LogP contribution in [0.15, 0.2) is 65.1 Å². The zero-order chi connectivity index (χ0) is 19.4. The smallest absolute Gasteiger partial charge is 0.262 e. The van der Waals surface area contributed by atoms with Gasteiger partial charge in [0.25, 0.3) is 5.56 Å². The third-order valence-electron chi connectivity index (χ3n) is 3.93. The molecule has 2 aromatic carbocycles. The molecule has 0 fully saturated rings. The van der Waals surface area contributed by atoms with E-state index in [0.29, 0.717) is 21.8 Å². The van der Waals surface area contributed by atoms with E-state index in [1.54, 1.807) is 30.3 Å². The van der Waals surface area contributed by atoms with Gasteiger partial charge < -0.3 is 4.74 Å². The van der Waals surface area contributed by atoms with Crippen LogP contribution in [-0.2, 0) is 6.54 Å². The number of Topliss-reactive ketones (excluding diaryl/α,β-unsaturated/α-hetero) is 1. The highest BCUT2D eigenvalue weighted by molar-refractivity contribution is 7.99. The average Bonchev–Trinajstić information content (AvgIpc) is 2.68. The number of hydrogen-bond acceptors (Lipinski definition) is 5. The van der Waals surface area contributed by atoms with Crippen LogP contribution < -0.4 is 10.3 Å². The van der Waals surface area contributed by atoms with Gasteiger partial charge in [0, 0.05) is 6.54 Å². The summed E-state index contributed by atoms with van der Waals surface area (Å²) in [6, 6.07) is 10.8. The highest BCUT2D eigenvalue weighted by atomic mass is 32.2. The third-order valence-corrected chi connectivity index (χ3v) is 4.91. The number of carbonyl (C=O) groups excluding carboxylic acids is 1. The molecule has 3 rings (SSSR count). The van der Waals surface area contributed by atoms with Gasteiger partial charge in [-0.2, -0.15) is 0 Å². The molecule has 7 heteroatoms. The molecule has 3 aromatic rings. The molecule has 0 aliphatic carbocycles. The van der Waals surface area contributed by atoms with Gasteiger partial charge in [0.2, 0.25) is 0 Å². The second-order valence-corrected chi connectivity index (χ2v) is 6.61. The fraction of sp³-hybridized carbons (Fsp3) is 0.150. The summed E-state index contributed by atoms with van der Waals surface area (Å²) in [5.41, 5.74) is 0.517. The van der Waals surface area contributed by atoms with E-state index in [1.807, 2.05) is 0 Å². The van der Waals surface area contributed by atoms with Gasteiger partial charge >= 0.3 is 0 Å². The largest absolute Gasteiger partial charge is 0.496 e. The Hall–Kier alpha value is -2.93. The standard InChI is InChI=1S/C20H17FN2O3S/c1-3-10-23-19(25)14-6-4-5-7-16(14)22-20(23)27-12-17(24)15-11-13(21)8-9-18(15)26-2/h3-9,11H,1,10,12H2,2H3. The molecule has 0 spiro atoms. The number of methoxy groups -OCH3 is 1. The SMILES string of the molecule is C=CCn1c(SCC(=O)c2cc(F)ccc2OC)nc2ccccc2c1=O. The van der Waals surface area contributed by atoms with Gasteiger partial charge in [-0.15, -0.1) is 6.58 Å². The number of nitrogens with zero attached hydrogens (tertiary/aromatic N) is 2. The number of para-hydroxylation sites is 1. The van der Waals surface area contributed by atoms with E-state index >= 15 is 0 Å². The van der Waals surface area contributed by atoms with Gasteiger partial charge in [0.15, 0.2) is 10.9 Å². The fourth-order valence-electron chi connectivity index (χ4n) is 2.65. The van der Waals surface area contributed by atoms with Gasteiger partial charge in [-0.1, -0.05) is 30.0 Å². The lowest BCUT2D eigenvalue weighted by Gasteiger charge is -2.12. The van der Waals surface area contributed by atoms with E-state index < -0.39 is 5.82 Å². The summed E-state index contributed by atoms with van der Waals surface area (Å²) in [6.07, 6.45) is 1.60. The maximum atomic E-state index is 13.5. The van der Waals surface area contributed by atoms with Crippen molar-refractivity contribution in [1.29, 1.82) is 0 Å². The number of fused-ring (bicyclic) bond motifs is 1. The molecule has 1 aromatic heterocycles. The summed E-state index contributed by atoms with van der Waals surface area (Å²) in [5, 5.41) is 0.907. The van der Waals surface area contributed by atoms with Gasteiger partial charge in [-0.25, -0.2) is 9.37 Å². The molecule has 0 radical (unpaired) electrons. The zero-order valence-corrected chi connectivity index (χ0v) is 15.5. The maximum Gasteiger partial charge on any atom is 0.262 e. The van der Waals surface area contributed by atoms with Crippen LogP contribution in [0.1, 0.15) is 10.4 Å². The van der Waals surface area contributed by atoms with Crippen LogP contribution in [-0.4, -0.2) is 28.2 Å². The zero-order valence-electron chi connectivity index (χ0n) is 14.6. The first kappa shape index (κ1) is 18.8. The quantitative estimate of drug-likeness (QED) is 0.269. The van der Waals surface area contributed by atoms with Crippen molar-refractivity contribution in [3.63, 3.8) is 0 Å². The Morgan fingerprint density at radius 2 is 2.11 bits per heavy atom. The van der Waals surface area contributed by atoms with Crippen LogP contribution in [0, 0.1) is 5.82 Å². The number of ketones is 1. The van der Waals surface area contributed by atoms with Crippen molar-refractivity contribution in [3.05, 3.63) is 76.9 Å². The van der Waals surface area contributed by atoms with E-state index in [-0.39, 0.29) is 29.2 Å². The van der Waals surface area contributed by atoms with E-state index in [4.69, 9.17) is 4.74 Å². The lowest BCUT2D eigenvalue weighted by molar-refractivity contribution is 0.101. The van der Waals surface area contributed by atoms with Crippen molar-refractivity contribution < 1.29 is 13.9 Å². The minimum atomic E-state index is -0.517. The van der Waals surface area contributed by atoms with Crippen LogP contribution in [0.5, 0.6) is 5.75 Å². The first-order valence-electron chi connectivity index (χ1n) is 8.15. The summed E-state index contributed by atoms with van der Waals surface area (Å²) in [4.78, 5) is 29.8. The second-order valence-electron chi connectivity index (χ2n) is 5.67. The molecular formula is C20H17FN2O3S. The summed E-state index contributed by atoms with van der Waals surface area (Å²) in [7, 11) is 1.42. The number of thioether (sulfide) groups is 1. The van der Waals surface area contributed by atoms with Gasteiger partial charge in [0.05, 0.1) is 29.3 Å². The van der Waals surface area contributed by atoms with Gasteiger partial charge in [-0.3, -0.25) is 14.2 Å². The molecule has 0 bridgehead atoms. The monoisotopic (exact) mass is 384 g/mol. The summed E-state index contributed by atoms with van der Waals surface area (Å²) in [6.45, 7) is 3.95. The molecule has 0 saturated heterocycles. The predicted octanol–water partition coefficient (Wildman–Crippen LogP) is 3.71. The van der Waals surface area contributed by atoms with Crippen molar-refractivity contribution >= 4 is 28.4 Å². The third kappa shape index (κ3) is 3.93. The molecule has 0 unspecified atom stereocenters. The Balaban J connectivity index is 1.94. The Kier molecular flexibility index (Phi) is 5.71. The minimum Gasteiger partial charge on any atom is -0.496 e. The molecular weight excluding hydrogens is 367 g/mol. The topological polar surface area (TPSA) is 61.2 Å². The summed E-state index contributed by atoms with van der Waals surface area (Å²) >= 11 is 1.12. The maximum absolute atomic E-state index is 13.5. The van der Waals surface area contributed by atoms with E-state index in [2.05, 4.69) is 11.6 Å². The van der Waals surface area contributed by atoms with Crippen molar-refractivity contribution in [1.82, 2.24) is 9.55 Å². The number of carbonyl (C=O) groups is 1. The molecule has 0 atom stereocenters. The van der Waals surface area contributed by atoms with Crippen molar-refractivity contribution in [2.45, 2.75) is 11.7 Å². The molecule has 138 valence electrons. The Bertz CT molecular complexity index is 1080.